The second kappa shape index (κ2) is 9.56. The number of imidazole rings is 1. The van der Waals surface area contributed by atoms with E-state index in [9.17, 15) is 38.7 Å². The molecule has 11 nitrogen and oxygen atoms in total. The number of H-pyrrole nitrogens is 1. The Morgan fingerprint density at radius 3 is 2.35 bits per heavy atom. The molecule has 4 rings (SSSR count). The van der Waals surface area contributed by atoms with Gasteiger partial charge in [-0.2, -0.15) is 13.2 Å². The maximum Gasteiger partial charge on any atom is 0.416 e. The summed E-state index contributed by atoms with van der Waals surface area (Å²) in [4.78, 5) is 7.20. The average molecular weight is 486 g/mol. The minimum Gasteiger partial charge on any atom is -0.389 e. The highest BCUT2D eigenvalue weighted by molar-refractivity contribution is 5.76. The molecule has 1 fully saturated rings. The Kier molecular flexibility index (Phi) is 6.89. The Bertz CT molecular complexity index is 1110. The predicted molar refractivity (Wildman–Crippen MR) is 110 cm³/mol. The number of alkyl halides is 3. The molecule has 14 heteroatoms. The summed E-state index contributed by atoms with van der Waals surface area (Å²) in [5.74, 6) is 0.552. The van der Waals surface area contributed by atoms with Crippen LogP contribution in [0.3, 0.4) is 0 Å². The quantitative estimate of drug-likeness (QED) is 0.223. The summed E-state index contributed by atoms with van der Waals surface area (Å²) < 4.78 is 40.1. The molecule has 1 aliphatic carbocycles. The Labute approximate surface area is 190 Å². The lowest BCUT2D eigenvalue weighted by Crippen LogP contribution is -2.67. The van der Waals surface area contributed by atoms with Crippen LogP contribution in [0, 0.1) is 0 Å². The predicted octanol–water partition coefficient (Wildman–Crippen LogP) is -0.918. The van der Waals surface area contributed by atoms with Crippen LogP contribution in [0.1, 0.15) is 23.5 Å². The highest BCUT2D eigenvalue weighted by Gasteiger charge is 2.48. The molecule has 0 spiro atoms. The molecule has 1 aromatic carbocycles. The van der Waals surface area contributed by atoms with Gasteiger partial charge in [-0.3, -0.25) is 4.68 Å². The fourth-order valence-electron chi connectivity index (χ4n) is 3.99. The first-order valence-corrected chi connectivity index (χ1v) is 10.6. The van der Waals surface area contributed by atoms with Crippen LogP contribution in [0.4, 0.5) is 13.2 Å². The van der Waals surface area contributed by atoms with E-state index in [4.69, 9.17) is 0 Å². The van der Waals surface area contributed by atoms with Crippen LogP contribution in [0.2, 0.25) is 0 Å². The standard InChI is InChI=1S/C20H25F3N6O5/c21-20(22,23)9-3-4-11-12(6-9)26-13(25-11)2-1-5-29-8-10(27-28-29)7-24-14-15(30)17(32)19(34)18(33)16(14)31/h3-4,6,8,14-19,24,30-34H,1-2,5,7H2,(H,25,26)/t14?,15-,16+,17+,18-,19?. The van der Waals surface area contributed by atoms with Crippen molar-refractivity contribution in [2.45, 2.75) is 68.7 Å². The fraction of sp³-hybridized carbons (Fsp3) is 0.550. The Hall–Kier alpha value is -2.62. The molecule has 3 aromatic rings. The third-order valence-electron chi connectivity index (χ3n) is 5.90. The number of rotatable bonds is 7. The number of aryl methyl sites for hydroxylation is 2. The number of aliphatic hydroxyl groups is 5. The smallest absolute Gasteiger partial charge is 0.389 e. The van der Waals surface area contributed by atoms with Crippen molar-refractivity contribution in [2.75, 3.05) is 0 Å². The third kappa shape index (κ3) is 5.06. The lowest BCUT2D eigenvalue weighted by atomic mass is 9.83. The van der Waals surface area contributed by atoms with Crippen molar-refractivity contribution in [3.05, 3.63) is 41.5 Å². The summed E-state index contributed by atoms with van der Waals surface area (Å²) in [5, 5.41) is 60.1. The van der Waals surface area contributed by atoms with Crippen LogP contribution in [0.25, 0.3) is 11.0 Å². The van der Waals surface area contributed by atoms with E-state index >= 15 is 0 Å². The SMILES string of the molecule is OC1[C@@H](O)[C@H](O)C(NCc2cn(CCCc3nc4ccc(C(F)(F)F)cc4[nH]3)nn2)[C@H](O)[C@H]1O. The van der Waals surface area contributed by atoms with Gasteiger partial charge < -0.3 is 35.8 Å². The molecule has 186 valence electrons. The van der Waals surface area contributed by atoms with Gasteiger partial charge in [0.1, 0.15) is 36.3 Å². The second-order valence-corrected chi connectivity index (χ2v) is 8.35. The molecular weight excluding hydrogens is 461 g/mol. The molecule has 0 radical (unpaired) electrons. The lowest BCUT2D eigenvalue weighted by molar-refractivity contribution is -0.190. The molecule has 0 bridgehead atoms. The molecule has 1 aliphatic rings. The van der Waals surface area contributed by atoms with E-state index in [2.05, 4.69) is 25.6 Å². The highest BCUT2D eigenvalue weighted by atomic mass is 19.4. The number of aliphatic hydroxyl groups excluding tert-OH is 5. The molecule has 7 N–H and O–H groups in total. The minimum absolute atomic E-state index is 0.0689. The Balaban J connectivity index is 1.29. The topological polar surface area (TPSA) is 173 Å². The van der Waals surface area contributed by atoms with Gasteiger partial charge in [0.15, 0.2) is 0 Å². The van der Waals surface area contributed by atoms with Gasteiger partial charge in [-0.15, -0.1) is 5.10 Å². The second-order valence-electron chi connectivity index (χ2n) is 8.35. The zero-order valence-electron chi connectivity index (χ0n) is 17.8. The molecule has 1 saturated carbocycles. The maximum atomic E-state index is 12.9. The van der Waals surface area contributed by atoms with Crippen LogP contribution in [0.15, 0.2) is 24.4 Å². The molecule has 2 heterocycles. The fourth-order valence-corrected chi connectivity index (χ4v) is 3.99. The molecule has 0 amide bonds. The molecule has 2 unspecified atom stereocenters. The van der Waals surface area contributed by atoms with E-state index in [0.717, 1.165) is 12.1 Å². The van der Waals surface area contributed by atoms with Gasteiger partial charge in [0.05, 0.1) is 28.3 Å². The van der Waals surface area contributed by atoms with Crippen molar-refractivity contribution < 1.29 is 38.7 Å². The lowest BCUT2D eigenvalue weighted by Gasteiger charge is -2.42. The largest absolute Gasteiger partial charge is 0.416 e. The van der Waals surface area contributed by atoms with E-state index in [1.54, 1.807) is 10.9 Å². The van der Waals surface area contributed by atoms with Crippen LogP contribution in [-0.2, 0) is 25.7 Å². The number of fused-ring (bicyclic) bond motifs is 1. The third-order valence-corrected chi connectivity index (χ3v) is 5.90. The van der Waals surface area contributed by atoms with Crippen molar-refractivity contribution in [3.63, 3.8) is 0 Å². The van der Waals surface area contributed by atoms with Crippen LogP contribution < -0.4 is 5.32 Å². The van der Waals surface area contributed by atoms with Gasteiger partial charge in [-0.25, -0.2) is 4.98 Å². The van der Waals surface area contributed by atoms with Crippen molar-refractivity contribution in [1.29, 1.82) is 0 Å². The van der Waals surface area contributed by atoms with Gasteiger partial charge in [-0.1, -0.05) is 5.21 Å². The van der Waals surface area contributed by atoms with Crippen LogP contribution in [-0.4, -0.2) is 87.1 Å². The summed E-state index contributed by atoms with van der Waals surface area (Å²) in [5.41, 5.74) is 0.492. The number of hydrogen-bond acceptors (Lipinski definition) is 9. The number of aromatic amines is 1. The van der Waals surface area contributed by atoms with Gasteiger partial charge in [0.25, 0.3) is 0 Å². The maximum absolute atomic E-state index is 12.9. The number of nitrogens with zero attached hydrogens (tertiary/aromatic N) is 4. The van der Waals surface area contributed by atoms with E-state index in [0.29, 0.717) is 41.9 Å². The average Bonchev–Trinajstić information content (AvgIpc) is 3.41. The summed E-state index contributed by atoms with van der Waals surface area (Å²) in [7, 11) is 0. The summed E-state index contributed by atoms with van der Waals surface area (Å²) >= 11 is 0. The minimum atomic E-state index is -4.42. The molecule has 0 saturated heterocycles. The van der Waals surface area contributed by atoms with Crippen molar-refractivity contribution in [1.82, 2.24) is 30.3 Å². The first-order valence-electron chi connectivity index (χ1n) is 10.6. The summed E-state index contributed by atoms with van der Waals surface area (Å²) in [6.45, 7) is 0.523. The van der Waals surface area contributed by atoms with Crippen molar-refractivity contribution in [2.24, 2.45) is 0 Å². The summed E-state index contributed by atoms with van der Waals surface area (Å²) in [6, 6.07) is 2.26. The zero-order chi connectivity index (χ0) is 24.6. The van der Waals surface area contributed by atoms with Gasteiger partial charge in [-0.05, 0) is 24.6 Å². The number of nitrogens with one attached hydrogen (secondary N) is 2. The number of hydrogen-bond donors (Lipinski definition) is 7. The van der Waals surface area contributed by atoms with Crippen LogP contribution >= 0.6 is 0 Å². The molecule has 0 aliphatic heterocycles. The van der Waals surface area contributed by atoms with E-state index in [1.807, 2.05) is 0 Å². The van der Waals surface area contributed by atoms with Gasteiger partial charge in [0, 0.05) is 25.7 Å². The van der Waals surface area contributed by atoms with Gasteiger partial charge >= 0.3 is 6.18 Å². The van der Waals surface area contributed by atoms with Crippen molar-refractivity contribution >= 4 is 11.0 Å². The van der Waals surface area contributed by atoms with E-state index in [1.165, 1.54) is 6.07 Å². The zero-order valence-corrected chi connectivity index (χ0v) is 17.8. The van der Waals surface area contributed by atoms with Gasteiger partial charge in [0.2, 0.25) is 0 Å². The Morgan fingerprint density at radius 1 is 1.00 bits per heavy atom. The number of aromatic nitrogens is 5. The van der Waals surface area contributed by atoms with Crippen LogP contribution in [0.5, 0.6) is 0 Å². The molecule has 6 atom stereocenters. The Morgan fingerprint density at radius 2 is 1.68 bits per heavy atom. The molecular formula is C20H25F3N6O5. The highest BCUT2D eigenvalue weighted by Crippen LogP contribution is 2.31. The number of benzene rings is 1. The first-order chi connectivity index (χ1) is 16.0. The van der Waals surface area contributed by atoms with E-state index < -0.39 is 48.3 Å². The normalized spacial score (nSPS) is 28.0. The number of halogens is 3. The molecule has 2 aromatic heterocycles. The van der Waals surface area contributed by atoms with E-state index in [-0.39, 0.29) is 6.54 Å². The molecule has 34 heavy (non-hydrogen) atoms. The van der Waals surface area contributed by atoms with Crippen molar-refractivity contribution in [3.8, 4) is 0 Å². The first kappa shape index (κ1) is 24.5. The summed E-state index contributed by atoms with van der Waals surface area (Å²) in [6.07, 6.45) is -9.64. The monoisotopic (exact) mass is 486 g/mol.